The first-order chi connectivity index (χ1) is 12.6. The average Bonchev–Trinajstić information content (AvgIpc) is 2.94. The molecular formula is C22H23N3O. The molecule has 0 amide bonds. The second kappa shape index (κ2) is 6.60. The van der Waals surface area contributed by atoms with Crippen molar-refractivity contribution in [2.45, 2.75) is 32.5 Å². The third-order valence-electron chi connectivity index (χ3n) is 5.38. The molecule has 1 unspecified atom stereocenters. The molecule has 0 saturated carbocycles. The minimum atomic E-state index is -0.594. The van der Waals surface area contributed by atoms with Crippen molar-refractivity contribution in [2.75, 3.05) is 13.6 Å². The van der Waals surface area contributed by atoms with Crippen LogP contribution in [-0.4, -0.2) is 28.2 Å². The van der Waals surface area contributed by atoms with Crippen LogP contribution in [0.4, 0.5) is 0 Å². The van der Waals surface area contributed by atoms with Gasteiger partial charge in [0.25, 0.3) is 0 Å². The van der Waals surface area contributed by atoms with E-state index in [1.807, 2.05) is 12.1 Å². The molecule has 2 heterocycles. The highest BCUT2D eigenvalue weighted by atomic mass is 16.3. The second-order valence-electron chi connectivity index (χ2n) is 7.29. The van der Waals surface area contributed by atoms with E-state index in [1.165, 1.54) is 27.7 Å². The van der Waals surface area contributed by atoms with Gasteiger partial charge in [0.15, 0.2) is 0 Å². The van der Waals surface area contributed by atoms with Crippen molar-refractivity contribution in [3.8, 4) is 6.07 Å². The van der Waals surface area contributed by atoms with Crippen LogP contribution >= 0.6 is 0 Å². The Morgan fingerprint density at radius 2 is 1.96 bits per heavy atom. The van der Waals surface area contributed by atoms with Crippen molar-refractivity contribution < 1.29 is 5.11 Å². The summed E-state index contributed by atoms with van der Waals surface area (Å²) < 4.78 is 2.29. The molecular weight excluding hydrogens is 322 g/mol. The van der Waals surface area contributed by atoms with Gasteiger partial charge < -0.3 is 14.6 Å². The van der Waals surface area contributed by atoms with Crippen LogP contribution in [0.2, 0.25) is 0 Å². The monoisotopic (exact) mass is 345 g/mol. The van der Waals surface area contributed by atoms with Gasteiger partial charge in [0, 0.05) is 36.1 Å². The first-order valence-electron chi connectivity index (χ1n) is 9.04. The Hall–Kier alpha value is -2.61. The van der Waals surface area contributed by atoms with Gasteiger partial charge in [0.05, 0.1) is 24.3 Å². The molecule has 1 atom stereocenters. The van der Waals surface area contributed by atoms with Gasteiger partial charge in [0.1, 0.15) is 0 Å². The van der Waals surface area contributed by atoms with Crippen LogP contribution in [0.1, 0.15) is 34.1 Å². The lowest BCUT2D eigenvalue weighted by molar-refractivity contribution is 0.156. The zero-order valence-electron chi connectivity index (χ0n) is 15.2. The third-order valence-corrected chi connectivity index (χ3v) is 5.38. The van der Waals surface area contributed by atoms with Gasteiger partial charge in [-0.1, -0.05) is 23.8 Å². The predicted molar refractivity (Wildman–Crippen MR) is 103 cm³/mol. The van der Waals surface area contributed by atoms with Crippen LogP contribution in [0.5, 0.6) is 0 Å². The van der Waals surface area contributed by atoms with Crippen LogP contribution in [0.3, 0.4) is 0 Å². The fourth-order valence-corrected chi connectivity index (χ4v) is 3.97. The lowest BCUT2D eigenvalue weighted by Crippen LogP contribution is -2.27. The zero-order chi connectivity index (χ0) is 18.3. The van der Waals surface area contributed by atoms with E-state index in [-0.39, 0.29) is 0 Å². The summed E-state index contributed by atoms with van der Waals surface area (Å²) in [5.41, 5.74) is 6.66. The molecule has 0 radical (unpaired) electrons. The number of fused-ring (bicyclic) bond motifs is 3. The standard InChI is InChI=1S/C22H23N3O/c1-15-3-8-20-18(11-15)19-13-24(2)10-9-21(19)25(20)14-22(26)17-6-4-16(12-23)5-7-17/h3-8,11,22,26H,9-10,13-14H2,1-2H3. The maximum atomic E-state index is 10.8. The molecule has 0 saturated heterocycles. The van der Waals surface area contributed by atoms with Crippen molar-refractivity contribution in [2.24, 2.45) is 0 Å². The number of nitrogens with zero attached hydrogens (tertiary/aromatic N) is 3. The maximum absolute atomic E-state index is 10.8. The van der Waals surface area contributed by atoms with Gasteiger partial charge in [-0.3, -0.25) is 0 Å². The number of aromatic nitrogens is 1. The molecule has 26 heavy (non-hydrogen) atoms. The topological polar surface area (TPSA) is 52.2 Å². The minimum absolute atomic E-state index is 0.532. The molecule has 4 heteroatoms. The maximum Gasteiger partial charge on any atom is 0.0991 e. The van der Waals surface area contributed by atoms with Gasteiger partial charge >= 0.3 is 0 Å². The van der Waals surface area contributed by atoms with Crippen molar-refractivity contribution in [1.29, 1.82) is 5.26 Å². The predicted octanol–water partition coefficient (Wildman–Crippen LogP) is 3.54. The summed E-state index contributed by atoms with van der Waals surface area (Å²) in [5.74, 6) is 0. The fourth-order valence-electron chi connectivity index (χ4n) is 3.97. The highest BCUT2D eigenvalue weighted by Crippen LogP contribution is 2.32. The number of aliphatic hydroxyl groups excluding tert-OH is 1. The molecule has 1 aliphatic heterocycles. The Morgan fingerprint density at radius 1 is 1.19 bits per heavy atom. The molecule has 4 rings (SSSR count). The van der Waals surface area contributed by atoms with E-state index < -0.39 is 6.10 Å². The summed E-state index contributed by atoms with van der Waals surface area (Å²) in [4.78, 5) is 2.35. The van der Waals surface area contributed by atoms with E-state index in [9.17, 15) is 5.11 Å². The Bertz CT molecular complexity index is 995. The molecule has 1 aliphatic rings. The van der Waals surface area contributed by atoms with E-state index >= 15 is 0 Å². The summed E-state index contributed by atoms with van der Waals surface area (Å²) in [6.45, 7) is 4.65. The van der Waals surface area contributed by atoms with Gasteiger partial charge in [-0.05, 0) is 49.4 Å². The molecule has 4 nitrogen and oxygen atoms in total. The van der Waals surface area contributed by atoms with Gasteiger partial charge in [-0.2, -0.15) is 5.26 Å². The first kappa shape index (κ1) is 16.8. The van der Waals surface area contributed by atoms with Crippen molar-refractivity contribution >= 4 is 10.9 Å². The number of aliphatic hydroxyl groups is 1. The Kier molecular flexibility index (Phi) is 4.28. The highest BCUT2D eigenvalue weighted by molar-refractivity contribution is 5.86. The molecule has 0 aliphatic carbocycles. The lowest BCUT2D eigenvalue weighted by atomic mass is 10.0. The molecule has 0 fully saturated rings. The fraction of sp³-hybridized carbons (Fsp3) is 0.318. The van der Waals surface area contributed by atoms with E-state index in [4.69, 9.17) is 5.26 Å². The van der Waals surface area contributed by atoms with Crippen LogP contribution < -0.4 is 0 Å². The van der Waals surface area contributed by atoms with Gasteiger partial charge in [0.2, 0.25) is 0 Å². The Labute approximate surface area is 153 Å². The Balaban J connectivity index is 1.75. The summed E-state index contributed by atoms with van der Waals surface area (Å²) in [7, 11) is 2.16. The smallest absolute Gasteiger partial charge is 0.0991 e. The quantitative estimate of drug-likeness (QED) is 0.790. The van der Waals surface area contributed by atoms with E-state index in [0.29, 0.717) is 12.1 Å². The van der Waals surface area contributed by atoms with Crippen molar-refractivity contribution in [3.63, 3.8) is 0 Å². The van der Waals surface area contributed by atoms with Crippen LogP contribution in [0.15, 0.2) is 42.5 Å². The summed E-state index contributed by atoms with van der Waals surface area (Å²) >= 11 is 0. The first-order valence-corrected chi connectivity index (χ1v) is 9.04. The molecule has 0 spiro atoms. The molecule has 2 aromatic carbocycles. The number of benzene rings is 2. The van der Waals surface area contributed by atoms with E-state index in [2.05, 4.69) is 47.7 Å². The number of hydrogen-bond acceptors (Lipinski definition) is 3. The third kappa shape index (κ3) is 2.90. The Morgan fingerprint density at radius 3 is 2.69 bits per heavy atom. The van der Waals surface area contributed by atoms with Gasteiger partial charge in [-0.25, -0.2) is 0 Å². The number of hydrogen-bond donors (Lipinski definition) is 1. The van der Waals surface area contributed by atoms with Crippen LogP contribution in [-0.2, 0) is 19.5 Å². The normalized spacial score (nSPS) is 15.6. The molecule has 132 valence electrons. The van der Waals surface area contributed by atoms with Crippen LogP contribution in [0, 0.1) is 18.3 Å². The highest BCUT2D eigenvalue weighted by Gasteiger charge is 2.23. The number of likely N-dealkylation sites (N-methyl/N-ethyl adjacent to an activating group) is 1. The summed E-state index contributed by atoms with van der Waals surface area (Å²) in [6, 6.07) is 15.9. The van der Waals surface area contributed by atoms with Crippen molar-refractivity contribution in [1.82, 2.24) is 9.47 Å². The van der Waals surface area contributed by atoms with E-state index in [1.54, 1.807) is 12.1 Å². The zero-order valence-corrected chi connectivity index (χ0v) is 15.2. The molecule has 1 N–H and O–H groups in total. The lowest BCUT2D eigenvalue weighted by Gasteiger charge is -2.25. The second-order valence-corrected chi connectivity index (χ2v) is 7.29. The molecule has 3 aromatic rings. The number of rotatable bonds is 3. The largest absolute Gasteiger partial charge is 0.387 e. The van der Waals surface area contributed by atoms with Crippen molar-refractivity contribution in [3.05, 3.63) is 70.4 Å². The SMILES string of the molecule is Cc1ccc2c(c1)c1c(n2CC(O)c2ccc(C#N)cc2)CCN(C)C1. The molecule has 1 aromatic heterocycles. The minimum Gasteiger partial charge on any atom is -0.387 e. The average molecular weight is 345 g/mol. The van der Waals surface area contributed by atoms with Crippen LogP contribution in [0.25, 0.3) is 10.9 Å². The number of nitriles is 1. The number of aryl methyl sites for hydroxylation is 1. The summed E-state index contributed by atoms with van der Waals surface area (Å²) in [5, 5.41) is 21.1. The molecule has 0 bridgehead atoms. The van der Waals surface area contributed by atoms with Gasteiger partial charge in [-0.15, -0.1) is 0 Å². The summed E-state index contributed by atoms with van der Waals surface area (Å²) in [6.07, 6.45) is 0.406. The van der Waals surface area contributed by atoms with E-state index in [0.717, 1.165) is 25.1 Å².